The highest BCUT2D eigenvalue weighted by atomic mass is 32.2. The zero-order chi connectivity index (χ0) is 16.2. The summed E-state index contributed by atoms with van der Waals surface area (Å²) in [4.78, 5) is -0.903. The molecular weight excluding hydrogens is 303 g/mol. The first kappa shape index (κ1) is 16.3. The van der Waals surface area contributed by atoms with Crippen molar-refractivity contribution in [1.29, 1.82) is 0 Å². The van der Waals surface area contributed by atoms with Crippen molar-refractivity contribution in [3.63, 3.8) is 0 Å². The Morgan fingerprint density at radius 3 is 1.95 bits per heavy atom. The Morgan fingerprint density at radius 2 is 1.52 bits per heavy atom. The van der Waals surface area contributed by atoms with Crippen molar-refractivity contribution in [2.24, 2.45) is 5.14 Å². The quantitative estimate of drug-likeness (QED) is 0.822. The van der Waals surface area contributed by atoms with E-state index in [1.807, 2.05) is 0 Å². The van der Waals surface area contributed by atoms with E-state index in [1.54, 1.807) is 27.7 Å². The van der Waals surface area contributed by atoms with Crippen molar-refractivity contribution in [3.05, 3.63) is 23.8 Å². The standard InChI is InChI=1S/C12H16BF2NO4S/c1-11(2)12(3,4)20-13(19-11)7-5-9(15)10(6-8(7)14)21(16,17)18/h5-6H,1-4H3,(H2,16,17,18). The predicted octanol–water partition coefficient (Wildman–Crippen LogP) is 0.911. The lowest BCUT2D eigenvalue weighted by Gasteiger charge is -2.32. The van der Waals surface area contributed by atoms with Gasteiger partial charge in [0, 0.05) is 5.46 Å². The summed E-state index contributed by atoms with van der Waals surface area (Å²) >= 11 is 0. The molecule has 2 N–H and O–H groups in total. The Morgan fingerprint density at radius 1 is 1.05 bits per heavy atom. The summed E-state index contributed by atoms with van der Waals surface area (Å²) in [5, 5.41) is 4.82. The van der Waals surface area contributed by atoms with Crippen LogP contribution in [0.15, 0.2) is 17.0 Å². The number of hydrogen-bond donors (Lipinski definition) is 1. The molecule has 0 aliphatic carbocycles. The van der Waals surface area contributed by atoms with Crippen LogP contribution in [0.3, 0.4) is 0 Å². The van der Waals surface area contributed by atoms with E-state index in [0.717, 1.165) is 6.07 Å². The van der Waals surface area contributed by atoms with Crippen LogP contribution in [0.2, 0.25) is 0 Å². The monoisotopic (exact) mass is 319 g/mol. The van der Waals surface area contributed by atoms with Crippen molar-refractivity contribution >= 4 is 22.6 Å². The zero-order valence-electron chi connectivity index (χ0n) is 12.1. The highest BCUT2D eigenvalue weighted by molar-refractivity contribution is 7.89. The number of halogens is 2. The summed E-state index contributed by atoms with van der Waals surface area (Å²) in [6, 6.07) is 1.27. The molecule has 1 aromatic rings. The van der Waals surface area contributed by atoms with Gasteiger partial charge in [-0.1, -0.05) is 0 Å². The first-order valence-corrected chi connectivity index (χ1v) is 7.77. The van der Waals surface area contributed by atoms with E-state index in [2.05, 4.69) is 0 Å². The van der Waals surface area contributed by atoms with Gasteiger partial charge >= 0.3 is 7.12 Å². The minimum absolute atomic E-state index is 0.210. The molecule has 0 saturated carbocycles. The van der Waals surface area contributed by atoms with Crippen molar-refractivity contribution in [2.75, 3.05) is 0 Å². The van der Waals surface area contributed by atoms with Gasteiger partial charge < -0.3 is 9.31 Å². The third kappa shape index (κ3) is 2.83. The lowest BCUT2D eigenvalue weighted by atomic mass is 9.78. The van der Waals surface area contributed by atoms with Gasteiger partial charge in [0.1, 0.15) is 16.5 Å². The Hall–Kier alpha value is -1.03. The topological polar surface area (TPSA) is 78.6 Å². The smallest absolute Gasteiger partial charge is 0.399 e. The van der Waals surface area contributed by atoms with Gasteiger partial charge in [-0.2, -0.15) is 0 Å². The molecule has 0 atom stereocenters. The number of benzene rings is 1. The van der Waals surface area contributed by atoms with E-state index >= 15 is 0 Å². The number of nitrogens with two attached hydrogens (primary N) is 1. The van der Waals surface area contributed by atoms with E-state index in [9.17, 15) is 17.2 Å². The van der Waals surface area contributed by atoms with Gasteiger partial charge in [-0.25, -0.2) is 22.3 Å². The Kier molecular flexibility index (Phi) is 3.69. The maximum atomic E-state index is 14.1. The lowest BCUT2D eigenvalue weighted by molar-refractivity contribution is 0.00578. The molecular formula is C12H16BF2NO4S. The van der Waals surface area contributed by atoms with E-state index in [4.69, 9.17) is 14.4 Å². The second-order valence-corrected chi connectivity index (χ2v) is 7.47. The van der Waals surface area contributed by atoms with Crippen molar-refractivity contribution in [2.45, 2.75) is 43.8 Å². The van der Waals surface area contributed by atoms with E-state index in [0.29, 0.717) is 6.07 Å². The molecule has 1 aliphatic rings. The molecule has 0 amide bonds. The fourth-order valence-electron chi connectivity index (χ4n) is 1.91. The van der Waals surface area contributed by atoms with Crippen molar-refractivity contribution < 1.29 is 26.5 Å². The third-order valence-electron chi connectivity index (χ3n) is 3.86. The summed E-state index contributed by atoms with van der Waals surface area (Å²) < 4.78 is 61.4. The third-order valence-corrected chi connectivity index (χ3v) is 4.79. The average molecular weight is 319 g/mol. The number of hydrogen-bond acceptors (Lipinski definition) is 4. The SMILES string of the molecule is CC1(C)OB(c2cc(F)c(S(N)(=O)=O)cc2F)OC1(C)C. The molecule has 116 valence electrons. The first-order chi connectivity index (χ1) is 9.35. The highest BCUT2D eigenvalue weighted by Gasteiger charge is 2.52. The van der Waals surface area contributed by atoms with Crippen LogP contribution in [0.4, 0.5) is 8.78 Å². The van der Waals surface area contributed by atoms with Crippen LogP contribution in [0.25, 0.3) is 0 Å². The molecule has 1 aromatic carbocycles. The number of sulfonamides is 1. The lowest BCUT2D eigenvalue weighted by Crippen LogP contribution is -2.41. The van der Waals surface area contributed by atoms with Gasteiger partial charge in [0.2, 0.25) is 10.0 Å². The van der Waals surface area contributed by atoms with Crippen molar-refractivity contribution in [1.82, 2.24) is 0 Å². The second-order valence-electron chi connectivity index (χ2n) is 5.94. The fraction of sp³-hybridized carbons (Fsp3) is 0.500. The molecule has 1 saturated heterocycles. The molecule has 0 bridgehead atoms. The first-order valence-electron chi connectivity index (χ1n) is 6.22. The van der Waals surface area contributed by atoms with Crippen LogP contribution in [-0.2, 0) is 19.3 Å². The maximum Gasteiger partial charge on any atom is 0.497 e. The number of rotatable bonds is 2. The minimum atomic E-state index is -4.34. The molecule has 2 rings (SSSR count). The van der Waals surface area contributed by atoms with E-state index in [-0.39, 0.29) is 5.46 Å². The van der Waals surface area contributed by atoms with Crippen LogP contribution >= 0.6 is 0 Å². The van der Waals surface area contributed by atoms with Gasteiger partial charge in [0.25, 0.3) is 0 Å². The zero-order valence-corrected chi connectivity index (χ0v) is 12.9. The van der Waals surface area contributed by atoms with Crippen LogP contribution in [0.5, 0.6) is 0 Å². The molecule has 0 unspecified atom stereocenters. The van der Waals surface area contributed by atoms with Gasteiger partial charge in [-0.3, -0.25) is 0 Å². The van der Waals surface area contributed by atoms with E-state index < -0.39 is 44.9 Å². The summed E-state index contributed by atoms with van der Waals surface area (Å²) in [6.07, 6.45) is 0. The summed E-state index contributed by atoms with van der Waals surface area (Å²) in [5.74, 6) is -2.11. The molecule has 0 aromatic heterocycles. The summed E-state index contributed by atoms with van der Waals surface area (Å²) in [6.45, 7) is 7.06. The number of primary sulfonamides is 1. The Bertz CT molecular complexity index is 675. The van der Waals surface area contributed by atoms with E-state index in [1.165, 1.54) is 0 Å². The Labute approximate surface area is 122 Å². The Balaban J connectivity index is 2.47. The molecule has 21 heavy (non-hydrogen) atoms. The molecule has 1 heterocycles. The van der Waals surface area contributed by atoms with Crippen molar-refractivity contribution in [3.8, 4) is 0 Å². The molecule has 0 spiro atoms. The molecule has 1 aliphatic heterocycles. The average Bonchev–Trinajstić information content (AvgIpc) is 2.49. The predicted molar refractivity (Wildman–Crippen MR) is 73.4 cm³/mol. The van der Waals surface area contributed by atoms with Crippen LogP contribution in [-0.4, -0.2) is 26.7 Å². The van der Waals surface area contributed by atoms with Gasteiger partial charge in [0.05, 0.1) is 11.2 Å². The minimum Gasteiger partial charge on any atom is -0.399 e. The fourth-order valence-corrected chi connectivity index (χ4v) is 2.51. The second kappa shape index (κ2) is 4.74. The van der Waals surface area contributed by atoms with Gasteiger partial charge in [0.15, 0.2) is 0 Å². The summed E-state index contributed by atoms with van der Waals surface area (Å²) in [7, 11) is -5.46. The van der Waals surface area contributed by atoms with Gasteiger partial charge in [-0.15, -0.1) is 0 Å². The van der Waals surface area contributed by atoms with Crippen LogP contribution in [0, 0.1) is 11.6 Å². The molecule has 1 fully saturated rings. The molecule has 0 radical (unpaired) electrons. The highest BCUT2D eigenvalue weighted by Crippen LogP contribution is 2.36. The van der Waals surface area contributed by atoms with Crippen LogP contribution < -0.4 is 10.6 Å². The van der Waals surface area contributed by atoms with Gasteiger partial charge in [-0.05, 0) is 39.8 Å². The normalized spacial score (nSPS) is 20.8. The summed E-state index contributed by atoms with van der Waals surface area (Å²) in [5.41, 5.74) is -1.66. The maximum absolute atomic E-state index is 14.1. The van der Waals surface area contributed by atoms with Crippen LogP contribution in [0.1, 0.15) is 27.7 Å². The molecule has 9 heteroatoms. The largest absolute Gasteiger partial charge is 0.497 e. The molecule has 5 nitrogen and oxygen atoms in total.